The van der Waals surface area contributed by atoms with Gasteiger partial charge >= 0.3 is 12.2 Å². The summed E-state index contributed by atoms with van der Waals surface area (Å²) in [4.78, 5) is 80.8. The zero-order valence-corrected chi connectivity index (χ0v) is 40.2. The number of nitrogens with zero attached hydrogens (tertiary/aromatic N) is 2. The number of ketones is 4. The average Bonchev–Trinajstić information content (AvgIpc) is 3.15. The smallest absolute Gasteiger partial charge is 0.410 e. The van der Waals surface area contributed by atoms with Crippen LogP contribution in [0.15, 0.2) is 28.7 Å². The molecule has 0 bridgehead atoms. The van der Waals surface area contributed by atoms with E-state index < -0.39 is 33.9 Å². The standard InChI is InChI=1S/C25H30ClNO5.C22H27BrClNO5/c1-6-7-16-12-17(26)21(20(13-16)31-5)22-18(28)14-25(15-19(22)29)8-10-27(11-9-25)23(30)32-24(2,3)4;1-21(2,3)30-20(28)25-7-5-22(6-8-25)11-15(26)19(16(27)12-22)18-14(24)9-13(23)10-17(18)29-4/h12-13,22H,8-11,14-15H2,1-5H3;9-10,19H,5-8,11-12H2,1-4H3. The quantitative estimate of drug-likeness (QED) is 0.214. The lowest BCUT2D eigenvalue weighted by Gasteiger charge is -2.44. The van der Waals surface area contributed by atoms with E-state index in [1.54, 1.807) is 41.0 Å². The van der Waals surface area contributed by atoms with Gasteiger partial charge in [0.15, 0.2) is 0 Å². The highest BCUT2D eigenvalue weighted by Gasteiger charge is 2.50. The summed E-state index contributed by atoms with van der Waals surface area (Å²) in [6.45, 7) is 14.6. The highest BCUT2D eigenvalue weighted by molar-refractivity contribution is 9.10. The maximum Gasteiger partial charge on any atom is 0.410 e. The van der Waals surface area contributed by atoms with E-state index in [2.05, 4.69) is 27.8 Å². The molecule has 6 rings (SSSR count). The molecule has 0 unspecified atom stereocenters. The normalized spacial score (nSPS) is 20.2. The number of carbonyl (C=O) groups excluding carboxylic acids is 6. The lowest BCUT2D eigenvalue weighted by Crippen LogP contribution is -2.49. The number of benzene rings is 2. The van der Waals surface area contributed by atoms with Crippen LogP contribution in [0.4, 0.5) is 9.59 Å². The van der Waals surface area contributed by atoms with Gasteiger partial charge in [0, 0.05) is 83.1 Å². The van der Waals surface area contributed by atoms with E-state index in [-0.39, 0.29) is 48.2 Å². The average molecular weight is 961 g/mol. The second kappa shape index (κ2) is 19.3. The monoisotopic (exact) mass is 958 g/mol. The zero-order valence-electron chi connectivity index (χ0n) is 37.1. The molecule has 15 heteroatoms. The molecule has 336 valence electrons. The molecule has 2 heterocycles. The van der Waals surface area contributed by atoms with Crippen LogP contribution < -0.4 is 9.47 Å². The summed E-state index contributed by atoms with van der Waals surface area (Å²) in [5.41, 5.74) is -0.411. The predicted octanol–water partition coefficient (Wildman–Crippen LogP) is 9.90. The Kier molecular flexibility index (Phi) is 15.2. The van der Waals surface area contributed by atoms with Gasteiger partial charge in [-0.1, -0.05) is 45.1 Å². The van der Waals surface area contributed by atoms with Crippen molar-refractivity contribution in [2.24, 2.45) is 10.8 Å². The topological polar surface area (TPSA) is 146 Å². The highest BCUT2D eigenvalue weighted by Crippen LogP contribution is 2.50. The minimum absolute atomic E-state index is 0.139. The van der Waals surface area contributed by atoms with Crippen molar-refractivity contribution in [2.45, 2.75) is 123 Å². The fraction of sp³-hybridized carbons (Fsp3) is 0.574. The summed E-state index contributed by atoms with van der Waals surface area (Å²) in [5, 5.41) is 0.646. The summed E-state index contributed by atoms with van der Waals surface area (Å²) in [6, 6.07) is 6.76. The Hall–Kier alpha value is -4.12. The molecule has 2 aromatic rings. The Bertz CT molecular complexity index is 2130. The van der Waals surface area contributed by atoms with Crippen molar-refractivity contribution in [1.29, 1.82) is 0 Å². The fourth-order valence-corrected chi connectivity index (χ4v) is 10.2. The van der Waals surface area contributed by atoms with Gasteiger partial charge in [-0.3, -0.25) is 19.2 Å². The van der Waals surface area contributed by atoms with E-state index in [0.717, 1.165) is 4.47 Å². The number of halogens is 3. The number of ether oxygens (including phenoxy) is 4. The second-order valence-electron chi connectivity index (χ2n) is 18.8. The minimum atomic E-state index is -0.935. The number of hydrogen-bond acceptors (Lipinski definition) is 10. The van der Waals surface area contributed by atoms with Gasteiger partial charge in [-0.05, 0) is 109 Å². The van der Waals surface area contributed by atoms with Crippen molar-refractivity contribution >= 4 is 74.5 Å². The molecule has 12 nitrogen and oxygen atoms in total. The van der Waals surface area contributed by atoms with Crippen LogP contribution in [-0.4, -0.2) is 96.7 Å². The van der Waals surface area contributed by atoms with Crippen molar-refractivity contribution in [3.8, 4) is 23.3 Å². The third-order valence-corrected chi connectivity index (χ3v) is 13.0. The maximum absolute atomic E-state index is 13.2. The predicted molar refractivity (Wildman–Crippen MR) is 239 cm³/mol. The van der Waals surface area contributed by atoms with E-state index >= 15 is 0 Å². The van der Waals surface area contributed by atoms with Crippen LogP contribution in [0.5, 0.6) is 11.5 Å². The van der Waals surface area contributed by atoms with Crippen molar-refractivity contribution in [3.63, 3.8) is 0 Å². The Balaban J connectivity index is 0.000000235. The molecule has 2 spiro atoms. The molecule has 0 atom stereocenters. The Morgan fingerprint density at radius 3 is 1.34 bits per heavy atom. The van der Waals surface area contributed by atoms with Crippen molar-refractivity contribution in [3.05, 3.63) is 55.5 Å². The summed E-state index contributed by atoms with van der Waals surface area (Å²) in [7, 11) is 2.98. The van der Waals surface area contributed by atoms with Crippen LogP contribution in [0.1, 0.15) is 128 Å². The molecule has 4 aliphatic rings. The Morgan fingerprint density at radius 2 is 1.00 bits per heavy atom. The van der Waals surface area contributed by atoms with Gasteiger partial charge in [0.2, 0.25) is 0 Å². The lowest BCUT2D eigenvalue weighted by molar-refractivity contribution is -0.140. The number of carbonyl (C=O) groups is 6. The van der Waals surface area contributed by atoms with Gasteiger partial charge < -0.3 is 28.7 Å². The van der Waals surface area contributed by atoms with Crippen LogP contribution in [0, 0.1) is 22.7 Å². The molecule has 2 aliphatic carbocycles. The summed E-state index contributed by atoms with van der Waals surface area (Å²) < 4.78 is 22.5. The van der Waals surface area contributed by atoms with E-state index in [1.807, 2.05) is 41.5 Å². The first-order chi connectivity index (χ1) is 28.9. The zero-order chi connectivity index (χ0) is 45.9. The molecule has 4 fully saturated rings. The number of rotatable bonds is 4. The number of hydrogen-bond donors (Lipinski definition) is 0. The molecule has 2 amide bonds. The molecule has 2 aliphatic heterocycles. The van der Waals surface area contributed by atoms with E-state index in [9.17, 15) is 28.8 Å². The van der Waals surface area contributed by atoms with E-state index in [4.69, 9.17) is 42.1 Å². The van der Waals surface area contributed by atoms with E-state index in [0.29, 0.717) is 103 Å². The highest BCUT2D eigenvalue weighted by atomic mass is 79.9. The first kappa shape index (κ1) is 48.9. The van der Waals surface area contributed by atoms with Crippen molar-refractivity contribution in [1.82, 2.24) is 9.80 Å². The SMILES string of the molecule is CC#Cc1cc(Cl)c(C2C(=O)CC3(CCN(C(=O)OC(C)(C)C)CC3)CC2=O)c(OC)c1.COc1cc(Br)cc(Cl)c1C1C(=O)CC2(CCN(C(=O)OC(C)(C)C)CC2)CC1=O. The van der Waals surface area contributed by atoms with Gasteiger partial charge in [-0.2, -0.15) is 0 Å². The molecule has 0 N–H and O–H groups in total. The summed E-state index contributed by atoms with van der Waals surface area (Å²) in [5.74, 6) is 4.13. The van der Waals surface area contributed by atoms with Crippen LogP contribution in [-0.2, 0) is 28.7 Å². The van der Waals surface area contributed by atoms with Crippen LogP contribution in [0.3, 0.4) is 0 Å². The van der Waals surface area contributed by atoms with Crippen LogP contribution >= 0.6 is 39.1 Å². The molecular formula is C47H57BrCl2N2O10. The lowest BCUT2D eigenvalue weighted by atomic mass is 9.63. The number of likely N-dealkylation sites (tertiary alicyclic amines) is 2. The van der Waals surface area contributed by atoms with Gasteiger partial charge in [0.1, 0.15) is 57.7 Å². The van der Waals surface area contributed by atoms with Crippen LogP contribution in [0.25, 0.3) is 0 Å². The van der Waals surface area contributed by atoms with Gasteiger partial charge in [-0.25, -0.2) is 9.59 Å². The minimum Gasteiger partial charge on any atom is -0.496 e. The number of piperidine rings is 2. The molecule has 2 aromatic carbocycles. The molecule has 0 radical (unpaired) electrons. The largest absolute Gasteiger partial charge is 0.496 e. The third kappa shape index (κ3) is 11.5. The number of Topliss-reactive ketones (excluding diaryl/α,β-unsaturated/α-hetero) is 4. The molecular weight excluding hydrogens is 903 g/mol. The molecule has 0 aromatic heterocycles. The fourth-order valence-electron chi connectivity index (χ4n) is 8.97. The first-order valence-electron chi connectivity index (χ1n) is 20.8. The number of methoxy groups -OCH3 is 2. The summed E-state index contributed by atoms with van der Waals surface area (Å²) in [6.07, 6.45) is 2.81. The van der Waals surface area contributed by atoms with Gasteiger partial charge in [0.25, 0.3) is 0 Å². The molecule has 62 heavy (non-hydrogen) atoms. The second-order valence-corrected chi connectivity index (χ2v) is 20.6. The molecule has 2 saturated heterocycles. The molecule has 2 saturated carbocycles. The van der Waals surface area contributed by atoms with Gasteiger partial charge in [-0.15, -0.1) is 5.92 Å². The van der Waals surface area contributed by atoms with Crippen LogP contribution in [0.2, 0.25) is 10.0 Å². The summed E-state index contributed by atoms with van der Waals surface area (Å²) >= 11 is 16.2. The maximum atomic E-state index is 13.2. The first-order valence-corrected chi connectivity index (χ1v) is 22.4. The number of amides is 2. The Labute approximate surface area is 383 Å². The van der Waals surface area contributed by atoms with Crippen molar-refractivity contribution in [2.75, 3.05) is 40.4 Å². The third-order valence-electron chi connectivity index (χ3n) is 11.9. The Morgan fingerprint density at radius 1 is 0.645 bits per heavy atom. The van der Waals surface area contributed by atoms with E-state index in [1.165, 1.54) is 14.2 Å². The van der Waals surface area contributed by atoms with Crippen molar-refractivity contribution < 1.29 is 47.7 Å². The van der Waals surface area contributed by atoms with Gasteiger partial charge in [0.05, 0.1) is 14.2 Å².